The van der Waals surface area contributed by atoms with Crippen LogP contribution in [0.25, 0.3) is 0 Å². The summed E-state index contributed by atoms with van der Waals surface area (Å²) in [5.74, 6) is -0.979. The molecule has 2 N–H and O–H groups in total. The highest BCUT2D eigenvalue weighted by atomic mass is 16.5. The third-order valence-corrected chi connectivity index (χ3v) is 3.60. The van der Waals surface area contributed by atoms with Gasteiger partial charge in [-0.15, -0.1) is 0 Å². The Morgan fingerprint density at radius 1 is 1.27 bits per heavy atom. The van der Waals surface area contributed by atoms with Crippen molar-refractivity contribution in [3.63, 3.8) is 0 Å². The lowest BCUT2D eigenvalue weighted by Crippen LogP contribution is -2.37. The Morgan fingerprint density at radius 2 is 2.05 bits per heavy atom. The van der Waals surface area contributed by atoms with Crippen molar-refractivity contribution in [3.05, 3.63) is 59.2 Å². The fourth-order valence-corrected chi connectivity index (χ4v) is 2.44. The first-order valence-electron chi connectivity index (χ1n) is 6.94. The number of benzene rings is 2. The molecular formula is C17H15NO4. The number of phenols is 1. The third kappa shape index (κ3) is 2.65. The summed E-state index contributed by atoms with van der Waals surface area (Å²) in [6.45, 7) is 1.84. The molecule has 5 nitrogen and oxygen atoms in total. The molecule has 0 radical (unpaired) electrons. The molecule has 5 heteroatoms. The zero-order chi connectivity index (χ0) is 15.7. The predicted molar refractivity (Wildman–Crippen MR) is 80.8 cm³/mol. The number of esters is 1. The van der Waals surface area contributed by atoms with Crippen LogP contribution in [0.4, 0.5) is 5.69 Å². The van der Waals surface area contributed by atoms with Gasteiger partial charge in [0.1, 0.15) is 5.75 Å². The SMILES string of the molecule is Cc1ccc(NC(=O)C2Cc3ccccc3C(=O)O2)c(O)c1. The third-order valence-electron chi connectivity index (χ3n) is 3.60. The predicted octanol–water partition coefficient (Wildman–Crippen LogP) is 2.42. The standard InChI is InChI=1S/C17H15NO4/c1-10-6-7-13(14(19)8-10)18-16(20)15-9-11-4-2-3-5-12(11)17(21)22-15/h2-8,15,19H,9H2,1H3,(H,18,20). The lowest BCUT2D eigenvalue weighted by molar-refractivity contribution is -0.125. The molecule has 3 rings (SSSR count). The number of aromatic hydroxyl groups is 1. The van der Waals surface area contributed by atoms with Crippen molar-refractivity contribution < 1.29 is 19.4 Å². The van der Waals surface area contributed by atoms with Gasteiger partial charge in [-0.2, -0.15) is 0 Å². The fraction of sp³-hybridized carbons (Fsp3) is 0.176. The maximum Gasteiger partial charge on any atom is 0.339 e. The van der Waals surface area contributed by atoms with Crippen molar-refractivity contribution in [1.29, 1.82) is 0 Å². The highest BCUT2D eigenvalue weighted by molar-refractivity contribution is 6.00. The first-order valence-corrected chi connectivity index (χ1v) is 6.94. The second-order valence-corrected chi connectivity index (χ2v) is 5.27. The lowest BCUT2D eigenvalue weighted by Gasteiger charge is -2.23. The minimum Gasteiger partial charge on any atom is -0.506 e. The number of nitrogens with one attached hydrogen (secondary N) is 1. The minimum atomic E-state index is -0.900. The molecule has 0 fully saturated rings. The minimum absolute atomic E-state index is 0.0177. The summed E-state index contributed by atoms with van der Waals surface area (Å²) >= 11 is 0. The number of phenolic OH excluding ortho intramolecular Hbond substituents is 1. The second kappa shape index (κ2) is 5.52. The van der Waals surface area contributed by atoms with Gasteiger partial charge >= 0.3 is 5.97 Å². The van der Waals surface area contributed by atoms with Crippen LogP contribution >= 0.6 is 0 Å². The number of carbonyl (C=O) groups is 2. The van der Waals surface area contributed by atoms with Crippen LogP contribution < -0.4 is 5.32 Å². The smallest absolute Gasteiger partial charge is 0.339 e. The first-order chi connectivity index (χ1) is 10.5. The number of cyclic esters (lactones) is 1. The van der Waals surface area contributed by atoms with E-state index in [0.717, 1.165) is 11.1 Å². The molecular weight excluding hydrogens is 282 g/mol. The Balaban J connectivity index is 1.78. The number of fused-ring (bicyclic) bond motifs is 1. The van der Waals surface area contributed by atoms with Crippen LogP contribution in [0, 0.1) is 6.92 Å². The highest BCUT2D eigenvalue weighted by Crippen LogP contribution is 2.26. The van der Waals surface area contributed by atoms with Gasteiger partial charge in [-0.05, 0) is 36.2 Å². The van der Waals surface area contributed by atoms with Crippen molar-refractivity contribution in [2.45, 2.75) is 19.4 Å². The molecule has 1 aliphatic rings. The fourth-order valence-electron chi connectivity index (χ4n) is 2.44. The summed E-state index contributed by atoms with van der Waals surface area (Å²) < 4.78 is 5.18. The number of hydrogen-bond donors (Lipinski definition) is 2. The van der Waals surface area contributed by atoms with Gasteiger partial charge in [-0.3, -0.25) is 4.79 Å². The summed E-state index contributed by atoms with van der Waals surface area (Å²) in [7, 11) is 0. The quantitative estimate of drug-likeness (QED) is 0.659. The molecule has 1 unspecified atom stereocenters. The highest BCUT2D eigenvalue weighted by Gasteiger charge is 2.31. The van der Waals surface area contributed by atoms with E-state index >= 15 is 0 Å². The number of amides is 1. The van der Waals surface area contributed by atoms with Gasteiger partial charge in [0.05, 0.1) is 11.3 Å². The molecule has 22 heavy (non-hydrogen) atoms. The van der Waals surface area contributed by atoms with Gasteiger partial charge in [0.2, 0.25) is 0 Å². The number of carbonyl (C=O) groups excluding carboxylic acids is 2. The number of anilines is 1. The van der Waals surface area contributed by atoms with Gasteiger partial charge in [0.25, 0.3) is 5.91 Å². The molecule has 112 valence electrons. The summed E-state index contributed by atoms with van der Waals surface area (Å²) in [5.41, 5.74) is 2.45. The molecule has 2 aromatic rings. The van der Waals surface area contributed by atoms with E-state index in [9.17, 15) is 14.7 Å². The Kier molecular flexibility index (Phi) is 3.55. The van der Waals surface area contributed by atoms with Crippen LogP contribution in [0.15, 0.2) is 42.5 Å². The molecule has 0 bridgehead atoms. The number of rotatable bonds is 2. The van der Waals surface area contributed by atoms with Gasteiger partial charge in [0, 0.05) is 6.42 Å². The number of hydrogen-bond acceptors (Lipinski definition) is 4. The monoisotopic (exact) mass is 297 g/mol. The normalized spacial score (nSPS) is 16.6. The van der Waals surface area contributed by atoms with Crippen molar-refractivity contribution in [2.24, 2.45) is 0 Å². The summed E-state index contributed by atoms with van der Waals surface area (Å²) in [6.07, 6.45) is -0.580. The van der Waals surface area contributed by atoms with E-state index in [1.165, 1.54) is 0 Å². The van der Waals surface area contributed by atoms with Crippen molar-refractivity contribution in [1.82, 2.24) is 0 Å². The average Bonchev–Trinajstić information content (AvgIpc) is 2.50. The van der Waals surface area contributed by atoms with Crippen molar-refractivity contribution >= 4 is 17.6 Å². The Morgan fingerprint density at radius 3 is 2.82 bits per heavy atom. The molecule has 0 aromatic heterocycles. The molecule has 0 saturated heterocycles. The van der Waals surface area contributed by atoms with E-state index in [2.05, 4.69) is 5.32 Å². The molecule has 1 atom stereocenters. The van der Waals surface area contributed by atoms with Crippen molar-refractivity contribution in [2.75, 3.05) is 5.32 Å². The van der Waals surface area contributed by atoms with E-state index in [0.29, 0.717) is 17.7 Å². The largest absolute Gasteiger partial charge is 0.506 e. The van der Waals surface area contributed by atoms with Gasteiger partial charge in [-0.25, -0.2) is 4.79 Å². The number of aryl methyl sites for hydroxylation is 1. The zero-order valence-corrected chi connectivity index (χ0v) is 12.0. The molecule has 0 spiro atoms. The first kappa shape index (κ1) is 14.1. The van der Waals surface area contributed by atoms with Gasteiger partial charge in [-0.1, -0.05) is 24.3 Å². The van der Waals surface area contributed by atoms with Crippen LogP contribution in [-0.2, 0) is 16.0 Å². The van der Waals surface area contributed by atoms with E-state index in [1.54, 1.807) is 36.4 Å². The van der Waals surface area contributed by atoms with E-state index in [4.69, 9.17) is 4.74 Å². The molecule has 0 aliphatic carbocycles. The second-order valence-electron chi connectivity index (χ2n) is 5.27. The number of ether oxygens (including phenoxy) is 1. The topological polar surface area (TPSA) is 75.6 Å². The maximum absolute atomic E-state index is 12.3. The molecule has 2 aromatic carbocycles. The molecule has 1 aliphatic heterocycles. The zero-order valence-electron chi connectivity index (χ0n) is 12.0. The van der Waals surface area contributed by atoms with Crippen LogP contribution in [0.1, 0.15) is 21.5 Å². The lowest BCUT2D eigenvalue weighted by atomic mass is 9.98. The van der Waals surface area contributed by atoms with Gasteiger partial charge < -0.3 is 15.2 Å². The molecule has 1 heterocycles. The molecule has 1 amide bonds. The van der Waals surface area contributed by atoms with Crippen LogP contribution in [0.5, 0.6) is 5.75 Å². The van der Waals surface area contributed by atoms with Crippen molar-refractivity contribution in [3.8, 4) is 5.75 Å². The summed E-state index contributed by atoms with van der Waals surface area (Å²) in [4.78, 5) is 24.2. The Hall–Kier alpha value is -2.82. The van der Waals surface area contributed by atoms with Crippen LogP contribution in [0.3, 0.4) is 0 Å². The van der Waals surface area contributed by atoms with Gasteiger partial charge in [0.15, 0.2) is 6.10 Å². The summed E-state index contributed by atoms with van der Waals surface area (Å²) in [5, 5.41) is 12.4. The van der Waals surface area contributed by atoms with Crippen LogP contribution in [-0.4, -0.2) is 23.1 Å². The van der Waals surface area contributed by atoms with E-state index in [-0.39, 0.29) is 5.75 Å². The van der Waals surface area contributed by atoms with E-state index in [1.807, 2.05) is 13.0 Å². The average molecular weight is 297 g/mol. The Labute approximate surface area is 127 Å². The van der Waals surface area contributed by atoms with E-state index < -0.39 is 18.0 Å². The Bertz CT molecular complexity index is 754. The van der Waals surface area contributed by atoms with Crippen LogP contribution in [0.2, 0.25) is 0 Å². The molecule has 0 saturated carbocycles. The summed E-state index contributed by atoms with van der Waals surface area (Å²) in [6, 6.07) is 12.0. The maximum atomic E-state index is 12.3.